The highest BCUT2D eigenvalue weighted by Gasteiger charge is 2.08. The number of benzene rings is 2. The zero-order valence-electron chi connectivity index (χ0n) is 11.9. The fraction of sp³-hybridized carbons (Fsp3) is 0.118. The van der Waals surface area contributed by atoms with Crippen LogP contribution in [0.25, 0.3) is 6.08 Å². The van der Waals surface area contributed by atoms with Crippen molar-refractivity contribution in [2.24, 2.45) is 0 Å². The quantitative estimate of drug-likeness (QED) is 0.619. The number of carbonyl (C=O) groups excluding carboxylic acids is 1. The van der Waals surface area contributed by atoms with Crippen molar-refractivity contribution >= 4 is 27.8 Å². The Hall–Kier alpha value is -2.27. The van der Waals surface area contributed by atoms with Crippen molar-refractivity contribution in [2.75, 3.05) is 6.61 Å². The van der Waals surface area contributed by atoms with Gasteiger partial charge in [-0.25, -0.2) is 0 Å². The second-order valence-electron chi connectivity index (χ2n) is 4.53. The maximum atomic E-state index is 12.0. The molecule has 0 heterocycles. The highest BCUT2D eigenvalue weighted by Crippen LogP contribution is 2.35. The first-order chi connectivity index (χ1) is 10.5. The van der Waals surface area contributed by atoms with Gasteiger partial charge in [0.15, 0.2) is 17.3 Å². The average Bonchev–Trinajstić information content (AvgIpc) is 2.49. The summed E-state index contributed by atoms with van der Waals surface area (Å²) in [4.78, 5) is 12.0. The predicted molar refractivity (Wildman–Crippen MR) is 88.4 cm³/mol. The Kier molecular flexibility index (Phi) is 5.22. The van der Waals surface area contributed by atoms with E-state index in [2.05, 4.69) is 15.9 Å². The summed E-state index contributed by atoms with van der Waals surface area (Å²) in [6, 6.07) is 9.49. The SMILES string of the molecule is CCOc1cc(/C=C/C(=O)c2cccc(O)c2)cc(Br)c1O. The molecule has 2 N–H and O–H groups in total. The molecule has 5 heteroatoms. The predicted octanol–water partition coefficient (Wildman–Crippen LogP) is 4.16. The smallest absolute Gasteiger partial charge is 0.185 e. The Morgan fingerprint density at radius 1 is 1.27 bits per heavy atom. The summed E-state index contributed by atoms with van der Waals surface area (Å²) in [5.74, 6) is 0.197. The van der Waals surface area contributed by atoms with E-state index in [1.807, 2.05) is 6.92 Å². The van der Waals surface area contributed by atoms with Crippen LogP contribution in [0.4, 0.5) is 0 Å². The minimum Gasteiger partial charge on any atom is -0.508 e. The summed E-state index contributed by atoms with van der Waals surface area (Å²) in [6.45, 7) is 2.25. The molecular weight excluding hydrogens is 348 g/mol. The lowest BCUT2D eigenvalue weighted by Gasteiger charge is -2.08. The molecule has 22 heavy (non-hydrogen) atoms. The van der Waals surface area contributed by atoms with Gasteiger partial charge in [0.1, 0.15) is 5.75 Å². The van der Waals surface area contributed by atoms with E-state index in [4.69, 9.17) is 4.74 Å². The number of hydrogen-bond donors (Lipinski definition) is 2. The molecule has 0 atom stereocenters. The lowest BCUT2D eigenvalue weighted by Crippen LogP contribution is -1.94. The van der Waals surface area contributed by atoms with E-state index in [1.165, 1.54) is 18.2 Å². The lowest BCUT2D eigenvalue weighted by molar-refractivity contribution is 0.104. The molecule has 0 amide bonds. The number of halogens is 1. The molecule has 0 unspecified atom stereocenters. The highest BCUT2D eigenvalue weighted by atomic mass is 79.9. The third-order valence-electron chi connectivity index (χ3n) is 2.91. The van der Waals surface area contributed by atoms with Crippen LogP contribution in [-0.2, 0) is 0 Å². The Bertz CT molecular complexity index is 723. The first kappa shape index (κ1) is 16.1. The van der Waals surface area contributed by atoms with Crippen LogP contribution < -0.4 is 4.74 Å². The van der Waals surface area contributed by atoms with Gasteiger partial charge in [-0.15, -0.1) is 0 Å². The molecule has 0 aromatic heterocycles. The summed E-state index contributed by atoms with van der Waals surface area (Å²) >= 11 is 3.25. The molecular formula is C17H15BrO4. The number of hydrogen-bond acceptors (Lipinski definition) is 4. The molecule has 2 aromatic carbocycles. The molecule has 0 radical (unpaired) electrons. The van der Waals surface area contributed by atoms with Gasteiger partial charge in [-0.1, -0.05) is 18.2 Å². The van der Waals surface area contributed by atoms with Crippen LogP contribution in [0, 0.1) is 0 Å². The van der Waals surface area contributed by atoms with Crippen LogP contribution in [0.15, 0.2) is 46.9 Å². The third kappa shape index (κ3) is 3.89. The maximum Gasteiger partial charge on any atom is 0.185 e. The lowest BCUT2D eigenvalue weighted by atomic mass is 10.1. The van der Waals surface area contributed by atoms with Crippen LogP contribution in [0.3, 0.4) is 0 Å². The Morgan fingerprint density at radius 3 is 2.73 bits per heavy atom. The van der Waals surface area contributed by atoms with Crippen LogP contribution in [0.5, 0.6) is 17.2 Å². The first-order valence-electron chi connectivity index (χ1n) is 6.68. The molecule has 0 saturated carbocycles. The van der Waals surface area contributed by atoms with Gasteiger partial charge in [-0.3, -0.25) is 4.79 Å². The molecule has 0 aliphatic heterocycles. The number of phenolic OH excluding ortho intramolecular Hbond substituents is 2. The molecule has 2 aromatic rings. The van der Waals surface area contributed by atoms with Gasteiger partial charge < -0.3 is 14.9 Å². The van der Waals surface area contributed by atoms with E-state index in [9.17, 15) is 15.0 Å². The maximum absolute atomic E-state index is 12.0. The van der Waals surface area contributed by atoms with E-state index in [1.54, 1.807) is 30.3 Å². The third-order valence-corrected chi connectivity index (χ3v) is 3.51. The van der Waals surface area contributed by atoms with Gasteiger partial charge in [0.05, 0.1) is 11.1 Å². The largest absolute Gasteiger partial charge is 0.508 e. The molecule has 0 bridgehead atoms. The number of allylic oxidation sites excluding steroid dienone is 1. The molecule has 114 valence electrons. The van der Waals surface area contributed by atoms with Crippen LogP contribution in [0.2, 0.25) is 0 Å². The zero-order valence-corrected chi connectivity index (χ0v) is 13.5. The summed E-state index contributed by atoms with van der Waals surface area (Å²) in [5, 5.41) is 19.2. The van der Waals surface area contributed by atoms with E-state index >= 15 is 0 Å². The van der Waals surface area contributed by atoms with Gasteiger partial charge in [-0.2, -0.15) is 0 Å². The molecule has 0 saturated heterocycles. The molecule has 0 aliphatic rings. The van der Waals surface area contributed by atoms with Crippen molar-refractivity contribution in [3.63, 3.8) is 0 Å². The van der Waals surface area contributed by atoms with Gasteiger partial charge in [0.25, 0.3) is 0 Å². The highest BCUT2D eigenvalue weighted by molar-refractivity contribution is 9.10. The number of aromatic hydroxyl groups is 2. The Labute approximate surface area is 136 Å². The molecule has 0 aliphatic carbocycles. The summed E-state index contributed by atoms with van der Waals surface area (Å²) in [7, 11) is 0. The van der Waals surface area contributed by atoms with Crippen molar-refractivity contribution in [3.05, 3.63) is 58.1 Å². The fourth-order valence-electron chi connectivity index (χ4n) is 1.88. The number of carbonyl (C=O) groups is 1. The van der Waals surface area contributed by atoms with E-state index in [-0.39, 0.29) is 17.3 Å². The monoisotopic (exact) mass is 362 g/mol. The van der Waals surface area contributed by atoms with Crippen molar-refractivity contribution in [1.29, 1.82) is 0 Å². The van der Waals surface area contributed by atoms with Crippen molar-refractivity contribution in [2.45, 2.75) is 6.92 Å². The van der Waals surface area contributed by atoms with Gasteiger partial charge >= 0.3 is 0 Å². The number of rotatable bonds is 5. The normalized spacial score (nSPS) is 10.8. The number of ketones is 1. The van der Waals surface area contributed by atoms with Gasteiger partial charge in [-0.05, 0) is 58.8 Å². The van der Waals surface area contributed by atoms with Crippen LogP contribution >= 0.6 is 15.9 Å². The van der Waals surface area contributed by atoms with Crippen LogP contribution in [-0.4, -0.2) is 22.6 Å². The minimum absolute atomic E-state index is 0.0262. The Balaban J connectivity index is 2.24. The second-order valence-corrected chi connectivity index (χ2v) is 5.38. The number of ether oxygens (including phenoxy) is 1. The molecule has 0 spiro atoms. The standard InChI is InChI=1S/C17H15BrO4/c1-2-22-16-9-11(8-14(18)17(16)21)6-7-15(20)12-4-3-5-13(19)10-12/h3-10,19,21H,2H2,1H3/b7-6+. The Morgan fingerprint density at radius 2 is 2.05 bits per heavy atom. The van der Waals surface area contributed by atoms with E-state index in [0.29, 0.717) is 28.0 Å². The molecule has 0 fully saturated rings. The topological polar surface area (TPSA) is 66.8 Å². The van der Waals surface area contributed by atoms with Gasteiger partial charge in [0.2, 0.25) is 0 Å². The van der Waals surface area contributed by atoms with Crippen molar-refractivity contribution in [3.8, 4) is 17.2 Å². The zero-order chi connectivity index (χ0) is 16.1. The second kappa shape index (κ2) is 7.13. The summed E-state index contributed by atoms with van der Waals surface area (Å²) in [6.07, 6.45) is 3.03. The van der Waals surface area contributed by atoms with E-state index < -0.39 is 0 Å². The fourth-order valence-corrected chi connectivity index (χ4v) is 2.34. The van der Waals surface area contributed by atoms with Crippen molar-refractivity contribution in [1.82, 2.24) is 0 Å². The van der Waals surface area contributed by atoms with E-state index in [0.717, 1.165) is 0 Å². The molecule has 4 nitrogen and oxygen atoms in total. The minimum atomic E-state index is -0.224. The first-order valence-corrected chi connectivity index (χ1v) is 7.47. The van der Waals surface area contributed by atoms with Crippen molar-refractivity contribution < 1.29 is 19.7 Å². The van der Waals surface area contributed by atoms with Gasteiger partial charge in [0, 0.05) is 5.56 Å². The molecule has 2 rings (SSSR count). The van der Waals surface area contributed by atoms with Crippen LogP contribution in [0.1, 0.15) is 22.8 Å². The average molecular weight is 363 g/mol. The summed E-state index contributed by atoms with van der Waals surface area (Å²) < 4.78 is 5.82. The number of phenols is 2. The summed E-state index contributed by atoms with van der Waals surface area (Å²) in [5.41, 5.74) is 1.11.